The van der Waals surface area contributed by atoms with Crippen LogP contribution < -0.4 is 20.5 Å². The predicted octanol–water partition coefficient (Wildman–Crippen LogP) is 4.45. The van der Waals surface area contributed by atoms with Gasteiger partial charge in [-0.1, -0.05) is 17.3 Å². The molecule has 218 valence electrons. The summed E-state index contributed by atoms with van der Waals surface area (Å²) in [5, 5.41) is 13.8. The summed E-state index contributed by atoms with van der Waals surface area (Å²) in [6.45, 7) is 1.67. The molecule has 0 aliphatic heterocycles. The molecule has 42 heavy (non-hydrogen) atoms. The van der Waals surface area contributed by atoms with Crippen LogP contribution in [-0.4, -0.2) is 70.6 Å². The van der Waals surface area contributed by atoms with E-state index in [-0.39, 0.29) is 6.04 Å². The van der Waals surface area contributed by atoms with E-state index < -0.39 is 0 Å². The molecule has 0 bridgehead atoms. The molecule has 12 nitrogen and oxygen atoms in total. The highest BCUT2D eigenvalue weighted by atomic mass is 32.1. The first-order valence-electron chi connectivity index (χ1n) is 13.7. The number of rotatable bonds is 12. The highest BCUT2D eigenvalue weighted by molar-refractivity contribution is 7.15. The van der Waals surface area contributed by atoms with Gasteiger partial charge in [0, 0.05) is 48.2 Å². The number of ether oxygens (including phenoxy) is 4. The summed E-state index contributed by atoms with van der Waals surface area (Å²) in [6.07, 6.45) is 6.25. The van der Waals surface area contributed by atoms with Gasteiger partial charge < -0.3 is 30.0 Å². The Morgan fingerprint density at radius 3 is 2.64 bits per heavy atom. The number of fused-ring (bicyclic) bond motifs is 2. The zero-order valence-corrected chi connectivity index (χ0v) is 24.3. The molecule has 1 atom stereocenters. The summed E-state index contributed by atoms with van der Waals surface area (Å²) in [4.78, 5) is 14.7. The molecule has 0 saturated carbocycles. The van der Waals surface area contributed by atoms with Crippen LogP contribution in [0, 0.1) is 0 Å². The number of nitrogens with one attached hydrogen (secondary N) is 1. The maximum Gasteiger partial charge on any atom is 0.180 e. The fraction of sp³-hybridized carbons (Fsp3) is 0.345. The second-order valence-electron chi connectivity index (χ2n) is 9.83. The van der Waals surface area contributed by atoms with Crippen molar-refractivity contribution in [1.82, 2.24) is 29.9 Å². The SMILES string of the molecule is COCCOc1cc2ncnc(Nc3cccc(-c4cn([C@H]5CCc6nc(N)sc6C5)nn4)c3)c2cc1OCCOC. The van der Waals surface area contributed by atoms with E-state index in [0.29, 0.717) is 48.9 Å². The van der Waals surface area contributed by atoms with Crippen LogP contribution in [0.1, 0.15) is 23.0 Å². The third kappa shape index (κ3) is 6.12. The lowest BCUT2D eigenvalue weighted by molar-refractivity contribution is 0.132. The first-order chi connectivity index (χ1) is 20.6. The van der Waals surface area contributed by atoms with Gasteiger partial charge in [0.2, 0.25) is 0 Å². The molecule has 3 heterocycles. The summed E-state index contributed by atoms with van der Waals surface area (Å²) in [7, 11) is 3.27. The molecular formula is C29H32N8O4S. The number of aryl methyl sites for hydroxylation is 1. The fourth-order valence-corrected chi connectivity index (χ4v) is 5.89. The lowest BCUT2D eigenvalue weighted by Crippen LogP contribution is -2.18. The van der Waals surface area contributed by atoms with Crippen molar-refractivity contribution in [3.63, 3.8) is 0 Å². The number of benzene rings is 2. The molecule has 0 fully saturated rings. The highest BCUT2D eigenvalue weighted by Crippen LogP contribution is 2.36. The Hall–Kier alpha value is -4.33. The van der Waals surface area contributed by atoms with Crippen LogP contribution in [-0.2, 0) is 22.3 Å². The minimum atomic E-state index is 0.232. The normalized spacial score (nSPS) is 14.6. The number of methoxy groups -OCH3 is 2. The third-order valence-electron chi connectivity index (χ3n) is 7.03. The number of hydrogen-bond donors (Lipinski definition) is 2. The summed E-state index contributed by atoms with van der Waals surface area (Å²) in [5.74, 6) is 1.80. The minimum Gasteiger partial charge on any atom is -0.487 e. The van der Waals surface area contributed by atoms with Crippen LogP contribution in [0.3, 0.4) is 0 Å². The van der Waals surface area contributed by atoms with E-state index >= 15 is 0 Å². The number of thiazole rings is 1. The Morgan fingerprint density at radius 2 is 1.83 bits per heavy atom. The van der Waals surface area contributed by atoms with Crippen molar-refractivity contribution < 1.29 is 18.9 Å². The van der Waals surface area contributed by atoms with Crippen LogP contribution in [0.15, 0.2) is 48.9 Å². The van der Waals surface area contributed by atoms with Crippen molar-refractivity contribution in [1.29, 1.82) is 0 Å². The molecule has 1 aliphatic rings. The van der Waals surface area contributed by atoms with Gasteiger partial charge in [0.15, 0.2) is 16.6 Å². The van der Waals surface area contributed by atoms with Crippen molar-refractivity contribution in [3.8, 4) is 22.8 Å². The Kier molecular flexibility index (Phi) is 8.40. The van der Waals surface area contributed by atoms with Crippen LogP contribution >= 0.6 is 11.3 Å². The van der Waals surface area contributed by atoms with Crippen molar-refractivity contribution >= 4 is 38.9 Å². The van der Waals surface area contributed by atoms with Crippen molar-refractivity contribution in [2.45, 2.75) is 25.3 Å². The summed E-state index contributed by atoms with van der Waals surface area (Å²) >= 11 is 1.57. The smallest absolute Gasteiger partial charge is 0.180 e. The van der Waals surface area contributed by atoms with Gasteiger partial charge in [-0.15, -0.1) is 16.4 Å². The van der Waals surface area contributed by atoms with E-state index in [2.05, 4.69) is 30.6 Å². The van der Waals surface area contributed by atoms with Gasteiger partial charge in [0.05, 0.1) is 36.7 Å². The molecule has 0 radical (unpaired) electrons. The van der Waals surface area contributed by atoms with Gasteiger partial charge in [-0.3, -0.25) is 0 Å². The minimum absolute atomic E-state index is 0.232. The van der Waals surface area contributed by atoms with Crippen molar-refractivity contribution in [2.24, 2.45) is 0 Å². The van der Waals surface area contributed by atoms with Crippen molar-refractivity contribution in [3.05, 3.63) is 59.5 Å². The van der Waals surface area contributed by atoms with Gasteiger partial charge in [0.25, 0.3) is 0 Å². The zero-order chi connectivity index (χ0) is 28.9. The Bertz CT molecular complexity index is 1670. The lowest BCUT2D eigenvalue weighted by Gasteiger charge is -2.20. The molecule has 5 aromatic rings. The van der Waals surface area contributed by atoms with Crippen LogP contribution in [0.4, 0.5) is 16.6 Å². The standard InChI is InChI=1S/C29H32N8O4S/c1-38-8-10-40-25-14-21-23(15-26(25)41-11-9-39-2)31-17-32-28(21)33-19-5-3-4-18(12-19)24-16-37(36-35-24)20-6-7-22-27(13-20)42-29(30)34-22/h3-5,12,14-17,20H,6-11,13H2,1-2H3,(H2,30,34)(H,31,32,33)/t20-/m0/s1. The number of hydrogen-bond acceptors (Lipinski definition) is 12. The monoisotopic (exact) mass is 588 g/mol. The summed E-state index contributed by atoms with van der Waals surface area (Å²) < 4.78 is 24.1. The topological polar surface area (TPSA) is 144 Å². The quantitative estimate of drug-likeness (QED) is 0.199. The van der Waals surface area contributed by atoms with Crippen LogP contribution in [0.5, 0.6) is 11.5 Å². The van der Waals surface area contributed by atoms with E-state index in [1.165, 1.54) is 11.2 Å². The molecule has 6 rings (SSSR count). The predicted molar refractivity (Wildman–Crippen MR) is 161 cm³/mol. The zero-order valence-electron chi connectivity index (χ0n) is 23.4. The van der Waals surface area contributed by atoms with Gasteiger partial charge in [0.1, 0.15) is 31.1 Å². The average Bonchev–Trinajstić information content (AvgIpc) is 3.64. The summed E-state index contributed by atoms with van der Waals surface area (Å²) in [5.41, 5.74) is 10.4. The highest BCUT2D eigenvalue weighted by Gasteiger charge is 2.24. The second-order valence-corrected chi connectivity index (χ2v) is 10.9. The maximum absolute atomic E-state index is 5.97. The molecule has 13 heteroatoms. The number of nitrogen functional groups attached to an aromatic ring is 1. The first kappa shape index (κ1) is 27.8. The number of anilines is 3. The molecule has 0 spiro atoms. The van der Waals surface area contributed by atoms with E-state index in [4.69, 9.17) is 24.7 Å². The number of nitrogens with two attached hydrogens (primary N) is 1. The Morgan fingerprint density at radius 1 is 1.02 bits per heavy atom. The summed E-state index contributed by atoms with van der Waals surface area (Å²) in [6, 6.07) is 12.0. The molecule has 1 aliphatic carbocycles. The van der Waals surface area contributed by atoms with Gasteiger partial charge >= 0.3 is 0 Å². The molecule has 0 saturated heterocycles. The second kappa shape index (κ2) is 12.7. The number of aromatic nitrogens is 6. The lowest BCUT2D eigenvalue weighted by atomic mass is 9.98. The van der Waals surface area contributed by atoms with E-state index in [9.17, 15) is 0 Å². The average molecular weight is 589 g/mol. The fourth-order valence-electron chi connectivity index (χ4n) is 4.94. The molecular weight excluding hydrogens is 556 g/mol. The third-order valence-corrected chi connectivity index (χ3v) is 7.98. The molecule has 3 N–H and O–H groups in total. The number of nitrogens with zero attached hydrogens (tertiary/aromatic N) is 6. The largest absolute Gasteiger partial charge is 0.487 e. The van der Waals surface area contributed by atoms with Gasteiger partial charge in [-0.25, -0.2) is 19.6 Å². The van der Waals surface area contributed by atoms with Gasteiger partial charge in [-0.05, 0) is 31.0 Å². The first-order valence-corrected chi connectivity index (χ1v) is 14.5. The Balaban J connectivity index is 1.23. The molecule has 0 unspecified atom stereocenters. The van der Waals surface area contributed by atoms with E-state index in [0.717, 1.165) is 52.8 Å². The molecule has 2 aromatic carbocycles. The van der Waals surface area contributed by atoms with E-state index in [1.807, 2.05) is 47.3 Å². The maximum atomic E-state index is 5.97. The molecule has 0 amide bonds. The van der Waals surface area contributed by atoms with Crippen LogP contribution in [0.2, 0.25) is 0 Å². The van der Waals surface area contributed by atoms with Crippen molar-refractivity contribution in [2.75, 3.05) is 51.7 Å². The van der Waals surface area contributed by atoms with E-state index in [1.54, 1.807) is 25.6 Å². The van der Waals surface area contributed by atoms with Crippen LogP contribution in [0.25, 0.3) is 22.2 Å². The molecule has 3 aromatic heterocycles. The van der Waals surface area contributed by atoms with Gasteiger partial charge in [-0.2, -0.15) is 0 Å². The Labute approximate surface area is 246 Å².